The van der Waals surface area contributed by atoms with E-state index in [2.05, 4.69) is 45.1 Å². The maximum Gasteiger partial charge on any atom is 0.330 e. The highest BCUT2D eigenvalue weighted by molar-refractivity contribution is 6.04. The molecule has 0 atom stereocenters. The maximum absolute atomic E-state index is 13.5. The summed E-state index contributed by atoms with van der Waals surface area (Å²) in [6.07, 6.45) is 5.32. The van der Waals surface area contributed by atoms with Crippen LogP contribution in [0.4, 0.5) is 21.9 Å². The van der Waals surface area contributed by atoms with Crippen molar-refractivity contribution in [1.82, 2.24) is 0 Å². The number of amides is 2. The highest BCUT2D eigenvalue weighted by Crippen LogP contribution is 2.29. The van der Waals surface area contributed by atoms with E-state index in [1.807, 2.05) is 66.9 Å². The van der Waals surface area contributed by atoms with Crippen LogP contribution in [0.3, 0.4) is 0 Å². The van der Waals surface area contributed by atoms with Gasteiger partial charge in [-0.1, -0.05) is 76.2 Å². The number of nitrogens with zero attached hydrogens (tertiary/aromatic N) is 1. The molecule has 0 bridgehead atoms. The summed E-state index contributed by atoms with van der Waals surface area (Å²) in [5.41, 5.74) is 12.8. The minimum Gasteiger partial charge on any atom is -0.398 e. The summed E-state index contributed by atoms with van der Waals surface area (Å²) < 4.78 is 0. The molecule has 3 rings (SSSR count). The number of carbonyl (C=O) groups is 1. The van der Waals surface area contributed by atoms with Crippen molar-refractivity contribution in [2.45, 2.75) is 46.5 Å². The minimum atomic E-state index is -0.218. The Kier molecular flexibility index (Phi) is 7.72. The first-order valence-electron chi connectivity index (χ1n) is 11.3. The van der Waals surface area contributed by atoms with Crippen molar-refractivity contribution in [3.63, 3.8) is 0 Å². The molecule has 0 saturated heterocycles. The Hall–Kier alpha value is -3.53. The lowest BCUT2D eigenvalue weighted by molar-refractivity contribution is 0.258. The predicted molar refractivity (Wildman–Crippen MR) is 137 cm³/mol. The lowest BCUT2D eigenvalue weighted by Crippen LogP contribution is -2.31. The Morgan fingerprint density at radius 2 is 1.66 bits per heavy atom. The van der Waals surface area contributed by atoms with Crippen LogP contribution in [0.5, 0.6) is 0 Å². The monoisotopic (exact) mass is 427 g/mol. The van der Waals surface area contributed by atoms with Crippen LogP contribution in [0.1, 0.15) is 55.9 Å². The Balaban J connectivity index is 1.99. The summed E-state index contributed by atoms with van der Waals surface area (Å²) in [4.78, 5) is 15.2. The van der Waals surface area contributed by atoms with Crippen LogP contribution in [0.15, 0.2) is 72.9 Å². The third-order valence-electron chi connectivity index (χ3n) is 5.67. The summed E-state index contributed by atoms with van der Waals surface area (Å²) in [5, 5.41) is 3.15. The van der Waals surface area contributed by atoms with Crippen molar-refractivity contribution >= 4 is 29.2 Å². The summed E-state index contributed by atoms with van der Waals surface area (Å²) in [6.45, 7) is 8.46. The molecule has 0 aromatic heterocycles. The molecule has 0 aliphatic rings. The zero-order valence-corrected chi connectivity index (χ0v) is 19.4. The molecule has 3 aromatic carbocycles. The van der Waals surface area contributed by atoms with Crippen LogP contribution in [0.25, 0.3) is 6.08 Å². The van der Waals surface area contributed by atoms with Gasteiger partial charge in [0.05, 0.1) is 11.4 Å². The molecule has 32 heavy (non-hydrogen) atoms. The van der Waals surface area contributed by atoms with Crippen molar-refractivity contribution in [1.29, 1.82) is 0 Å². The second-order valence-corrected chi connectivity index (χ2v) is 8.15. The van der Waals surface area contributed by atoms with Crippen molar-refractivity contribution in [3.05, 3.63) is 95.2 Å². The third kappa shape index (κ3) is 5.38. The van der Waals surface area contributed by atoms with Gasteiger partial charge >= 0.3 is 6.03 Å². The van der Waals surface area contributed by atoms with Crippen molar-refractivity contribution in [2.24, 2.45) is 0 Å². The van der Waals surface area contributed by atoms with E-state index in [-0.39, 0.29) is 6.03 Å². The molecular formula is C28H33N3O. The zero-order valence-electron chi connectivity index (χ0n) is 19.4. The Morgan fingerprint density at radius 1 is 0.969 bits per heavy atom. The largest absolute Gasteiger partial charge is 0.398 e. The van der Waals surface area contributed by atoms with Crippen LogP contribution in [-0.4, -0.2) is 6.03 Å². The Labute approximate surface area is 191 Å². The van der Waals surface area contributed by atoms with E-state index in [0.29, 0.717) is 11.6 Å². The Bertz CT molecular complexity index is 1070. The fraction of sp³-hybridized carbons (Fsp3) is 0.250. The molecule has 0 radical (unpaired) electrons. The topological polar surface area (TPSA) is 58.4 Å². The molecule has 0 aliphatic heterocycles. The smallest absolute Gasteiger partial charge is 0.330 e. The van der Waals surface area contributed by atoms with E-state index >= 15 is 0 Å². The van der Waals surface area contributed by atoms with Crippen LogP contribution >= 0.6 is 0 Å². The number of anilines is 3. The molecule has 0 aliphatic carbocycles. The SMILES string of the molecule is CCc1ccc(N)c(CC)c1NC(=O)N(C=Cc1ccccc1)c1ccc(C(C)C)cc1. The number of hydrogen-bond acceptors (Lipinski definition) is 2. The first-order valence-corrected chi connectivity index (χ1v) is 11.3. The summed E-state index contributed by atoms with van der Waals surface area (Å²) in [7, 11) is 0. The number of urea groups is 1. The van der Waals surface area contributed by atoms with Crippen molar-refractivity contribution in [2.75, 3.05) is 16.0 Å². The molecule has 0 saturated carbocycles. The summed E-state index contributed by atoms with van der Waals surface area (Å²) >= 11 is 0. The fourth-order valence-corrected chi connectivity index (χ4v) is 3.73. The molecule has 4 heteroatoms. The number of hydrogen-bond donors (Lipinski definition) is 2. The first-order chi connectivity index (χ1) is 15.4. The number of rotatable bonds is 7. The predicted octanol–water partition coefficient (Wildman–Crippen LogP) is 7.23. The van der Waals surface area contributed by atoms with E-state index < -0.39 is 0 Å². The van der Waals surface area contributed by atoms with Crippen LogP contribution in [0.2, 0.25) is 0 Å². The number of nitrogen functional groups attached to an aromatic ring is 1. The second kappa shape index (κ2) is 10.7. The zero-order chi connectivity index (χ0) is 23.1. The van der Waals surface area contributed by atoms with Gasteiger partial charge < -0.3 is 11.1 Å². The average molecular weight is 428 g/mol. The van der Waals surface area contributed by atoms with E-state index in [0.717, 1.165) is 40.9 Å². The minimum absolute atomic E-state index is 0.218. The quantitative estimate of drug-likeness (QED) is 0.391. The van der Waals surface area contributed by atoms with Gasteiger partial charge in [-0.15, -0.1) is 0 Å². The van der Waals surface area contributed by atoms with E-state index in [4.69, 9.17) is 5.73 Å². The molecular weight excluding hydrogens is 394 g/mol. The second-order valence-electron chi connectivity index (χ2n) is 8.15. The third-order valence-corrected chi connectivity index (χ3v) is 5.67. The maximum atomic E-state index is 13.5. The molecule has 166 valence electrons. The van der Waals surface area contributed by atoms with Crippen LogP contribution in [-0.2, 0) is 12.8 Å². The molecule has 2 amide bonds. The van der Waals surface area contributed by atoms with Crippen molar-refractivity contribution in [3.8, 4) is 0 Å². The summed E-state index contributed by atoms with van der Waals surface area (Å²) in [6, 6.07) is 21.8. The number of aryl methyl sites for hydroxylation is 1. The average Bonchev–Trinajstić information content (AvgIpc) is 2.80. The van der Waals surface area contributed by atoms with Crippen LogP contribution in [0, 0.1) is 0 Å². The number of nitrogens with two attached hydrogens (primary N) is 1. The van der Waals surface area contributed by atoms with Gasteiger partial charge in [-0.2, -0.15) is 0 Å². The molecule has 3 aromatic rings. The molecule has 0 spiro atoms. The van der Waals surface area contributed by atoms with E-state index in [9.17, 15) is 4.79 Å². The van der Waals surface area contributed by atoms with E-state index in [1.165, 1.54) is 5.56 Å². The van der Waals surface area contributed by atoms with Crippen LogP contribution < -0.4 is 16.0 Å². The van der Waals surface area contributed by atoms with Gasteiger partial charge in [0.2, 0.25) is 0 Å². The Morgan fingerprint density at radius 3 is 2.25 bits per heavy atom. The van der Waals surface area contributed by atoms with E-state index in [1.54, 1.807) is 4.90 Å². The molecule has 0 unspecified atom stereocenters. The van der Waals surface area contributed by atoms with Gasteiger partial charge in [0.25, 0.3) is 0 Å². The highest BCUT2D eigenvalue weighted by atomic mass is 16.2. The standard InChI is InChI=1S/C28H33N3O/c1-5-22-14-17-26(29)25(6-2)27(22)30-28(32)31(19-18-21-10-8-7-9-11-21)24-15-12-23(13-16-24)20(3)4/h7-20H,5-6,29H2,1-4H3,(H,30,32). The summed E-state index contributed by atoms with van der Waals surface area (Å²) in [5.74, 6) is 0.428. The molecule has 3 N–H and O–H groups in total. The lowest BCUT2D eigenvalue weighted by Gasteiger charge is -2.23. The lowest BCUT2D eigenvalue weighted by atomic mass is 10.0. The number of carbonyl (C=O) groups excluding carboxylic acids is 1. The molecule has 0 fully saturated rings. The van der Waals surface area contributed by atoms with Gasteiger partial charge in [0, 0.05) is 11.9 Å². The van der Waals surface area contributed by atoms with Gasteiger partial charge in [-0.25, -0.2) is 4.79 Å². The number of nitrogens with one attached hydrogen (secondary N) is 1. The normalized spacial score (nSPS) is 11.2. The number of benzene rings is 3. The van der Waals surface area contributed by atoms with Gasteiger partial charge in [-0.3, -0.25) is 4.90 Å². The van der Waals surface area contributed by atoms with Gasteiger partial charge in [0.1, 0.15) is 0 Å². The highest BCUT2D eigenvalue weighted by Gasteiger charge is 2.18. The first kappa shape index (κ1) is 23.1. The van der Waals surface area contributed by atoms with Gasteiger partial charge in [0.15, 0.2) is 0 Å². The molecule has 4 nitrogen and oxygen atoms in total. The van der Waals surface area contributed by atoms with Gasteiger partial charge in [-0.05, 0) is 65.3 Å². The van der Waals surface area contributed by atoms with Crippen molar-refractivity contribution < 1.29 is 4.79 Å². The fourth-order valence-electron chi connectivity index (χ4n) is 3.73. The molecule has 0 heterocycles.